The van der Waals surface area contributed by atoms with E-state index in [-0.39, 0.29) is 4.90 Å². The number of alkyl halides is 4. The highest BCUT2D eigenvalue weighted by Gasteiger charge is 2.54. The van der Waals surface area contributed by atoms with E-state index in [4.69, 9.17) is 10.2 Å². The highest BCUT2D eigenvalue weighted by atomic mass is 19.4. The van der Waals surface area contributed by atoms with Gasteiger partial charge in [0.05, 0.1) is 6.54 Å². The number of β-amino-alcohol motifs (C(OH)–C–C–N with tert-alkyl or cyclic N) is 1. The fourth-order valence-electron chi connectivity index (χ4n) is 1.44. The lowest BCUT2D eigenvalue weighted by molar-refractivity contribution is -0.188. The van der Waals surface area contributed by atoms with Gasteiger partial charge in [-0.3, -0.25) is 4.79 Å². The van der Waals surface area contributed by atoms with Crippen molar-refractivity contribution in [2.24, 2.45) is 0 Å². The van der Waals surface area contributed by atoms with Gasteiger partial charge in [-0.15, -0.1) is 0 Å². The summed E-state index contributed by atoms with van der Waals surface area (Å²) in [6, 6.07) is -2.30. The van der Waals surface area contributed by atoms with Crippen molar-refractivity contribution in [2.45, 2.75) is 24.5 Å². The highest BCUT2D eigenvalue weighted by Crippen LogP contribution is 2.27. The topological polar surface area (TPSA) is 77.8 Å². The number of halogens is 4. The van der Waals surface area contributed by atoms with Crippen LogP contribution >= 0.6 is 0 Å². The van der Waals surface area contributed by atoms with Crippen LogP contribution in [-0.2, 0) is 9.59 Å². The van der Waals surface area contributed by atoms with Crippen molar-refractivity contribution < 1.29 is 37.4 Å². The molecule has 2 N–H and O–H groups in total. The maximum absolute atomic E-state index is 13.0. The number of carbonyl (C=O) groups is 2. The fraction of sp³-hybridized carbons (Fsp3) is 0.714. The van der Waals surface area contributed by atoms with Crippen LogP contribution in [-0.4, -0.2) is 58.0 Å². The van der Waals surface area contributed by atoms with Gasteiger partial charge in [0.1, 0.15) is 6.10 Å². The summed E-state index contributed by atoms with van der Waals surface area (Å²) in [7, 11) is 0. The van der Waals surface area contributed by atoms with Crippen LogP contribution in [0, 0.1) is 0 Å². The Morgan fingerprint density at radius 3 is 2.19 bits per heavy atom. The first kappa shape index (κ1) is 12.7. The molecule has 0 unspecified atom stereocenters. The second kappa shape index (κ2) is 3.89. The summed E-state index contributed by atoms with van der Waals surface area (Å²) in [5, 5.41) is 17.4. The molecule has 1 saturated heterocycles. The van der Waals surface area contributed by atoms with Gasteiger partial charge in [-0.1, -0.05) is 0 Å². The Hall–Kier alpha value is -1.38. The number of aliphatic hydroxyl groups excluding tert-OH is 1. The van der Waals surface area contributed by atoms with Gasteiger partial charge in [-0.2, -0.15) is 13.2 Å². The molecule has 1 aliphatic heterocycles. The Morgan fingerprint density at radius 1 is 1.31 bits per heavy atom. The van der Waals surface area contributed by atoms with Crippen molar-refractivity contribution in [3.63, 3.8) is 0 Å². The normalized spacial score (nSPS) is 30.6. The lowest BCUT2D eigenvalue weighted by Crippen LogP contribution is -2.49. The average molecular weight is 245 g/mol. The third-order valence-corrected chi connectivity index (χ3v) is 2.15. The van der Waals surface area contributed by atoms with Gasteiger partial charge in [0, 0.05) is 0 Å². The molecule has 1 heterocycles. The smallest absolute Gasteiger partial charge is 0.471 e. The number of aliphatic carboxylic acids is 1. The molecular formula is C7H7F4NO4. The van der Waals surface area contributed by atoms with E-state index in [0.29, 0.717) is 0 Å². The Bertz CT molecular complexity index is 318. The van der Waals surface area contributed by atoms with Crippen molar-refractivity contribution in [1.29, 1.82) is 0 Å². The average Bonchev–Trinajstić information content (AvgIpc) is 2.40. The molecule has 1 rings (SSSR count). The Labute approximate surface area is 86.3 Å². The molecule has 0 saturated carbocycles. The number of rotatable bonds is 1. The van der Waals surface area contributed by atoms with Gasteiger partial charge in [-0.25, -0.2) is 9.18 Å². The Balaban J connectivity index is 2.96. The maximum Gasteiger partial charge on any atom is 0.471 e. The molecule has 1 aliphatic rings. The third kappa shape index (κ3) is 2.08. The summed E-state index contributed by atoms with van der Waals surface area (Å²) in [6.45, 7) is -0.990. The summed E-state index contributed by atoms with van der Waals surface area (Å²) >= 11 is 0. The van der Waals surface area contributed by atoms with Crippen LogP contribution in [0.1, 0.15) is 0 Å². The van der Waals surface area contributed by atoms with Gasteiger partial charge in [0.25, 0.3) is 0 Å². The van der Waals surface area contributed by atoms with Gasteiger partial charge in [0.2, 0.25) is 0 Å². The quantitative estimate of drug-likeness (QED) is 0.613. The van der Waals surface area contributed by atoms with Gasteiger partial charge < -0.3 is 15.1 Å². The van der Waals surface area contributed by atoms with E-state index in [1.165, 1.54) is 0 Å². The second-order valence-electron chi connectivity index (χ2n) is 3.25. The molecule has 0 bridgehead atoms. The number of hydrogen-bond donors (Lipinski definition) is 2. The maximum atomic E-state index is 13.0. The van der Waals surface area contributed by atoms with E-state index in [0.717, 1.165) is 0 Å². The number of nitrogens with zero attached hydrogens (tertiary/aromatic N) is 1. The zero-order chi connectivity index (χ0) is 12.7. The molecule has 0 aromatic carbocycles. The molecule has 1 fully saturated rings. The molecule has 0 aromatic heterocycles. The minimum absolute atomic E-state index is 0.225. The van der Waals surface area contributed by atoms with Crippen molar-refractivity contribution in [2.75, 3.05) is 6.54 Å². The molecule has 0 aliphatic carbocycles. The van der Waals surface area contributed by atoms with Gasteiger partial charge >= 0.3 is 18.1 Å². The summed E-state index contributed by atoms with van der Waals surface area (Å²) in [6.07, 6.45) is -9.64. The van der Waals surface area contributed by atoms with Crippen LogP contribution < -0.4 is 0 Å². The Kier molecular flexibility index (Phi) is 3.08. The standard InChI is InChI=1S/C7H7F4NO4/c8-3-2(13)1-12(4(3)5(14)15)6(16)7(9,10)11/h2-4,13H,1H2,(H,14,15)/t2-,3+,4-/m0/s1. The second-order valence-corrected chi connectivity index (χ2v) is 3.25. The number of amides is 1. The number of carbonyl (C=O) groups excluding carboxylic acids is 1. The van der Waals surface area contributed by atoms with Crippen molar-refractivity contribution in [3.05, 3.63) is 0 Å². The predicted octanol–water partition coefficient (Wildman–Crippen LogP) is -0.457. The molecule has 1 amide bonds. The number of aliphatic hydroxyl groups is 1. The number of carboxylic acids is 1. The van der Waals surface area contributed by atoms with E-state index in [9.17, 15) is 27.2 Å². The zero-order valence-corrected chi connectivity index (χ0v) is 7.61. The minimum atomic E-state index is -5.29. The first-order valence-corrected chi connectivity index (χ1v) is 4.09. The van der Waals surface area contributed by atoms with Crippen LogP contribution in [0.2, 0.25) is 0 Å². The molecular weight excluding hydrogens is 238 g/mol. The molecule has 5 nitrogen and oxygen atoms in total. The van der Waals surface area contributed by atoms with Crippen LogP contribution in [0.4, 0.5) is 17.6 Å². The first-order chi connectivity index (χ1) is 7.16. The zero-order valence-electron chi connectivity index (χ0n) is 7.61. The molecule has 3 atom stereocenters. The lowest BCUT2D eigenvalue weighted by atomic mass is 10.1. The molecule has 0 radical (unpaired) electrons. The van der Waals surface area contributed by atoms with E-state index < -0.39 is 42.9 Å². The van der Waals surface area contributed by atoms with E-state index in [2.05, 4.69) is 0 Å². The highest BCUT2D eigenvalue weighted by molar-refractivity contribution is 5.88. The van der Waals surface area contributed by atoms with Crippen molar-refractivity contribution >= 4 is 11.9 Å². The van der Waals surface area contributed by atoms with Crippen molar-refractivity contribution in [3.8, 4) is 0 Å². The van der Waals surface area contributed by atoms with E-state index in [1.54, 1.807) is 0 Å². The Morgan fingerprint density at radius 2 is 1.81 bits per heavy atom. The van der Waals surface area contributed by atoms with E-state index in [1.807, 2.05) is 0 Å². The summed E-state index contributed by atoms with van der Waals surface area (Å²) < 4.78 is 49.0. The SMILES string of the molecule is O=C(O)[C@@H]1[C@H](F)[C@@H](O)CN1C(=O)C(F)(F)F. The molecule has 0 aromatic rings. The van der Waals surface area contributed by atoms with E-state index >= 15 is 0 Å². The summed E-state index contributed by atoms with van der Waals surface area (Å²) in [4.78, 5) is 21.0. The van der Waals surface area contributed by atoms with Gasteiger partial charge in [-0.05, 0) is 0 Å². The monoisotopic (exact) mass is 245 g/mol. The van der Waals surface area contributed by atoms with Crippen LogP contribution in [0.15, 0.2) is 0 Å². The summed E-state index contributed by atoms with van der Waals surface area (Å²) in [5.41, 5.74) is 0. The largest absolute Gasteiger partial charge is 0.480 e. The van der Waals surface area contributed by atoms with Gasteiger partial charge in [0.15, 0.2) is 12.2 Å². The van der Waals surface area contributed by atoms with Crippen molar-refractivity contribution in [1.82, 2.24) is 4.90 Å². The molecule has 16 heavy (non-hydrogen) atoms. The van der Waals surface area contributed by atoms with Crippen LogP contribution in [0.25, 0.3) is 0 Å². The number of hydrogen-bond acceptors (Lipinski definition) is 3. The van der Waals surface area contributed by atoms with Crippen LogP contribution in [0.3, 0.4) is 0 Å². The molecule has 92 valence electrons. The number of carboxylic acid groups (broad SMARTS) is 1. The summed E-state index contributed by atoms with van der Waals surface area (Å²) in [5.74, 6) is -4.40. The predicted molar refractivity (Wildman–Crippen MR) is 40.1 cm³/mol. The van der Waals surface area contributed by atoms with Crippen LogP contribution in [0.5, 0.6) is 0 Å². The third-order valence-electron chi connectivity index (χ3n) is 2.15. The molecule has 0 spiro atoms. The first-order valence-electron chi connectivity index (χ1n) is 4.09. The fourth-order valence-corrected chi connectivity index (χ4v) is 1.44. The molecule has 9 heteroatoms. The lowest BCUT2D eigenvalue weighted by Gasteiger charge is -2.22. The minimum Gasteiger partial charge on any atom is -0.480 e. The number of likely N-dealkylation sites (tertiary alicyclic amines) is 1.